The van der Waals surface area contributed by atoms with Gasteiger partial charge in [-0.25, -0.2) is 4.79 Å². The van der Waals surface area contributed by atoms with Crippen LogP contribution in [-0.2, 0) is 0 Å². The number of carbonyl (C=O) groups is 1. The molecule has 0 aliphatic heterocycles. The molecule has 18 heavy (non-hydrogen) atoms. The summed E-state index contributed by atoms with van der Waals surface area (Å²) in [6.07, 6.45) is 6.70. The third-order valence-electron chi connectivity index (χ3n) is 3.04. The molecular formula is C13H19N3OS. The van der Waals surface area contributed by atoms with Gasteiger partial charge in [-0.2, -0.15) is 11.8 Å². The quantitative estimate of drug-likeness (QED) is 0.880. The van der Waals surface area contributed by atoms with Gasteiger partial charge in [0.15, 0.2) is 0 Å². The van der Waals surface area contributed by atoms with Crippen molar-refractivity contribution in [3.8, 4) is 0 Å². The molecule has 2 amide bonds. The molecule has 4 nitrogen and oxygen atoms in total. The van der Waals surface area contributed by atoms with E-state index in [1.807, 2.05) is 17.8 Å². The lowest BCUT2D eigenvalue weighted by molar-refractivity contribution is 0.248. The molecule has 1 heterocycles. The van der Waals surface area contributed by atoms with Crippen molar-refractivity contribution in [1.29, 1.82) is 0 Å². The van der Waals surface area contributed by atoms with E-state index in [0.29, 0.717) is 11.3 Å². The van der Waals surface area contributed by atoms with Crippen molar-refractivity contribution in [3.63, 3.8) is 0 Å². The van der Waals surface area contributed by atoms with Crippen LogP contribution in [0, 0.1) is 0 Å². The number of hydrogen-bond acceptors (Lipinski definition) is 3. The number of aromatic nitrogens is 1. The number of nitrogens with zero attached hydrogens (tertiary/aromatic N) is 1. The SMILES string of the molecule is CCSC1CCC(NC(=O)Nc2cccnc2)C1. The highest BCUT2D eigenvalue weighted by Crippen LogP contribution is 2.29. The Morgan fingerprint density at radius 2 is 2.44 bits per heavy atom. The minimum absolute atomic E-state index is 0.129. The second-order valence-corrected chi connectivity index (χ2v) is 6.00. The summed E-state index contributed by atoms with van der Waals surface area (Å²) in [5.74, 6) is 1.15. The summed E-state index contributed by atoms with van der Waals surface area (Å²) in [6, 6.07) is 3.82. The van der Waals surface area contributed by atoms with Crippen molar-refractivity contribution in [2.75, 3.05) is 11.1 Å². The molecule has 98 valence electrons. The zero-order valence-corrected chi connectivity index (χ0v) is 11.4. The number of carbonyl (C=O) groups excluding carboxylic acids is 1. The van der Waals surface area contributed by atoms with E-state index in [1.54, 1.807) is 18.5 Å². The maximum absolute atomic E-state index is 11.8. The van der Waals surface area contributed by atoms with Gasteiger partial charge in [-0.1, -0.05) is 6.92 Å². The van der Waals surface area contributed by atoms with Crippen molar-refractivity contribution in [2.24, 2.45) is 0 Å². The average Bonchev–Trinajstić information content (AvgIpc) is 2.78. The van der Waals surface area contributed by atoms with Crippen LogP contribution < -0.4 is 10.6 Å². The average molecular weight is 265 g/mol. The van der Waals surface area contributed by atoms with Crippen molar-refractivity contribution >= 4 is 23.5 Å². The summed E-state index contributed by atoms with van der Waals surface area (Å²) in [6.45, 7) is 2.18. The summed E-state index contributed by atoms with van der Waals surface area (Å²) in [5.41, 5.74) is 0.729. The van der Waals surface area contributed by atoms with E-state index in [1.165, 1.54) is 6.42 Å². The standard InChI is InChI=1S/C13H19N3OS/c1-2-18-12-6-5-10(8-12)15-13(17)16-11-4-3-7-14-9-11/h3-4,7,9-10,12H,2,5-6,8H2,1H3,(H2,15,16,17). The van der Waals surface area contributed by atoms with E-state index in [-0.39, 0.29) is 6.03 Å². The van der Waals surface area contributed by atoms with E-state index in [9.17, 15) is 4.79 Å². The number of urea groups is 1. The number of thioether (sulfide) groups is 1. The van der Waals surface area contributed by atoms with E-state index in [0.717, 1.165) is 24.3 Å². The lowest BCUT2D eigenvalue weighted by Gasteiger charge is -2.13. The van der Waals surface area contributed by atoms with Crippen LogP contribution in [0.5, 0.6) is 0 Å². The van der Waals surface area contributed by atoms with Gasteiger partial charge in [0, 0.05) is 17.5 Å². The van der Waals surface area contributed by atoms with Crippen LogP contribution in [0.2, 0.25) is 0 Å². The Morgan fingerprint density at radius 1 is 1.56 bits per heavy atom. The number of amides is 2. The fraction of sp³-hybridized carbons (Fsp3) is 0.538. The first-order valence-electron chi connectivity index (χ1n) is 6.37. The van der Waals surface area contributed by atoms with Gasteiger partial charge in [0.25, 0.3) is 0 Å². The first-order chi connectivity index (χ1) is 8.78. The molecule has 1 aromatic heterocycles. The summed E-state index contributed by atoms with van der Waals surface area (Å²) < 4.78 is 0. The topological polar surface area (TPSA) is 54.0 Å². The monoisotopic (exact) mass is 265 g/mol. The first-order valence-corrected chi connectivity index (χ1v) is 7.42. The first kappa shape index (κ1) is 13.2. The van der Waals surface area contributed by atoms with Crippen LogP contribution in [0.25, 0.3) is 0 Å². The Bertz CT molecular complexity index is 385. The minimum Gasteiger partial charge on any atom is -0.335 e. The second-order valence-electron chi connectivity index (χ2n) is 4.43. The van der Waals surface area contributed by atoms with Crippen LogP contribution in [-0.4, -0.2) is 28.1 Å². The number of nitrogens with one attached hydrogen (secondary N) is 2. The highest BCUT2D eigenvalue weighted by molar-refractivity contribution is 7.99. The molecule has 1 saturated carbocycles. The molecule has 1 fully saturated rings. The Labute approximate surface area is 112 Å². The highest BCUT2D eigenvalue weighted by atomic mass is 32.2. The Balaban J connectivity index is 1.75. The minimum atomic E-state index is -0.129. The van der Waals surface area contributed by atoms with Crippen LogP contribution in [0.3, 0.4) is 0 Å². The van der Waals surface area contributed by atoms with Crippen molar-refractivity contribution < 1.29 is 4.79 Å². The van der Waals surface area contributed by atoms with E-state index >= 15 is 0 Å². The molecule has 0 aromatic carbocycles. The Morgan fingerprint density at radius 3 is 3.17 bits per heavy atom. The summed E-state index contributed by atoms with van der Waals surface area (Å²) in [7, 11) is 0. The summed E-state index contributed by atoms with van der Waals surface area (Å²) >= 11 is 1.99. The molecule has 0 bridgehead atoms. The molecule has 5 heteroatoms. The zero-order chi connectivity index (χ0) is 12.8. The van der Waals surface area contributed by atoms with Crippen molar-refractivity contribution in [1.82, 2.24) is 10.3 Å². The van der Waals surface area contributed by atoms with Crippen LogP contribution >= 0.6 is 11.8 Å². The number of pyridine rings is 1. The van der Waals surface area contributed by atoms with Gasteiger partial charge >= 0.3 is 6.03 Å². The molecule has 2 unspecified atom stereocenters. The smallest absolute Gasteiger partial charge is 0.319 e. The molecular weight excluding hydrogens is 246 g/mol. The maximum atomic E-state index is 11.8. The van der Waals surface area contributed by atoms with Gasteiger partial charge in [-0.15, -0.1) is 0 Å². The lowest BCUT2D eigenvalue weighted by atomic mass is 10.2. The molecule has 2 rings (SSSR count). The lowest BCUT2D eigenvalue weighted by Crippen LogP contribution is -2.36. The molecule has 0 spiro atoms. The van der Waals surface area contributed by atoms with E-state index < -0.39 is 0 Å². The number of rotatable bonds is 4. The van der Waals surface area contributed by atoms with Crippen molar-refractivity contribution in [3.05, 3.63) is 24.5 Å². The second kappa shape index (κ2) is 6.64. The van der Waals surface area contributed by atoms with Crippen LogP contribution in [0.1, 0.15) is 26.2 Å². The fourth-order valence-corrected chi connectivity index (χ4v) is 3.39. The third-order valence-corrected chi connectivity index (χ3v) is 4.27. The molecule has 1 aliphatic carbocycles. The zero-order valence-electron chi connectivity index (χ0n) is 10.6. The molecule has 1 aromatic rings. The summed E-state index contributed by atoms with van der Waals surface area (Å²) in [5, 5.41) is 6.53. The maximum Gasteiger partial charge on any atom is 0.319 e. The normalized spacial score (nSPS) is 22.7. The van der Waals surface area contributed by atoms with Gasteiger partial charge < -0.3 is 10.6 Å². The van der Waals surface area contributed by atoms with E-state index in [2.05, 4.69) is 22.5 Å². The molecule has 0 saturated heterocycles. The number of hydrogen-bond donors (Lipinski definition) is 2. The fourth-order valence-electron chi connectivity index (χ4n) is 2.25. The van der Waals surface area contributed by atoms with Crippen molar-refractivity contribution in [2.45, 2.75) is 37.5 Å². The van der Waals surface area contributed by atoms with E-state index in [4.69, 9.17) is 0 Å². The van der Waals surface area contributed by atoms with Gasteiger partial charge in [0.2, 0.25) is 0 Å². The largest absolute Gasteiger partial charge is 0.335 e. The van der Waals surface area contributed by atoms with Gasteiger partial charge in [-0.3, -0.25) is 4.98 Å². The van der Waals surface area contributed by atoms with Gasteiger partial charge in [-0.05, 0) is 37.1 Å². The predicted molar refractivity (Wildman–Crippen MR) is 76.0 cm³/mol. The van der Waals surface area contributed by atoms with Crippen LogP contribution in [0.15, 0.2) is 24.5 Å². The highest BCUT2D eigenvalue weighted by Gasteiger charge is 2.25. The summed E-state index contributed by atoms with van der Waals surface area (Å²) in [4.78, 5) is 15.7. The molecule has 2 atom stereocenters. The van der Waals surface area contributed by atoms with Crippen LogP contribution in [0.4, 0.5) is 10.5 Å². The Kier molecular flexibility index (Phi) is 4.87. The molecule has 2 N–H and O–H groups in total. The molecule has 0 radical (unpaired) electrons. The van der Waals surface area contributed by atoms with Gasteiger partial charge in [0.05, 0.1) is 11.9 Å². The predicted octanol–water partition coefficient (Wildman–Crippen LogP) is 2.88. The third kappa shape index (κ3) is 3.91. The number of anilines is 1. The molecule has 1 aliphatic rings. The Hall–Kier alpha value is -1.23. The van der Waals surface area contributed by atoms with Gasteiger partial charge in [0.1, 0.15) is 0 Å².